The SMILES string of the molecule is COc1ccc(/C=[N+](\[O-])C(C)(C)c2ccccc2)cc1. The topological polar surface area (TPSA) is 35.3 Å². The van der Waals surface area contributed by atoms with Crippen molar-refractivity contribution in [3.63, 3.8) is 0 Å². The van der Waals surface area contributed by atoms with Gasteiger partial charge in [-0.25, -0.2) is 4.74 Å². The van der Waals surface area contributed by atoms with E-state index in [2.05, 4.69) is 0 Å². The Kier molecular flexibility index (Phi) is 4.08. The monoisotopic (exact) mass is 269 g/mol. The molecule has 104 valence electrons. The normalized spacial score (nSPS) is 12.2. The molecule has 2 aromatic carbocycles. The van der Waals surface area contributed by atoms with Crippen molar-refractivity contribution >= 4 is 6.21 Å². The zero-order chi connectivity index (χ0) is 14.6. The van der Waals surface area contributed by atoms with Gasteiger partial charge in [-0.3, -0.25) is 0 Å². The Morgan fingerprint density at radius 3 is 2.15 bits per heavy atom. The van der Waals surface area contributed by atoms with E-state index in [4.69, 9.17) is 4.74 Å². The fourth-order valence-corrected chi connectivity index (χ4v) is 1.96. The zero-order valence-electron chi connectivity index (χ0n) is 12.0. The summed E-state index contributed by atoms with van der Waals surface area (Å²) >= 11 is 0. The van der Waals surface area contributed by atoms with Crippen LogP contribution >= 0.6 is 0 Å². The van der Waals surface area contributed by atoms with Crippen LogP contribution in [0.5, 0.6) is 5.75 Å². The van der Waals surface area contributed by atoms with Crippen molar-refractivity contribution in [3.8, 4) is 5.75 Å². The number of nitrogens with zero attached hydrogens (tertiary/aromatic N) is 1. The predicted octanol–water partition coefficient (Wildman–Crippen LogP) is 3.56. The molecule has 0 amide bonds. The number of ether oxygens (including phenoxy) is 1. The Morgan fingerprint density at radius 2 is 1.60 bits per heavy atom. The van der Waals surface area contributed by atoms with Crippen LogP contribution in [0.4, 0.5) is 0 Å². The Bertz CT molecular complexity index is 586. The van der Waals surface area contributed by atoms with Crippen LogP contribution in [-0.2, 0) is 5.54 Å². The number of hydrogen-bond donors (Lipinski definition) is 0. The largest absolute Gasteiger partial charge is 0.623 e. The van der Waals surface area contributed by atoms with Crippen LogP contribution in [0, 0.1) is 5.21 Å². The first-order chi connectivity index (χ1) is 9.54. The molecular weight excluding hydrogens is 250 g/mol. The van der Waals surface area contributed by atoms with Gasteiger partial charge in [0, 0.05) is 25.0 Å². The second-order valence-corrected chi connectivity index (χ2v) is 5.15. The fraction of sp³-hybridized carbons (Fsp3) is 0.235. The van der Waals surface area contributed by atoms with Crippen molar-refractivity contribution in [2.45, 2.75) is 19.4 Å². The smallest absolute Gasteiger partial charge is 0.192 e. The molecule has 0 aliphatic heterocycles. The maximum atomic E-state index is 12.4. The second kappa shape index (κ2) is 5.78. The number of rotatable bonds is 4. The average molecular weight is 269 g/mol. The molecule has 0 bridgehead atoms. The molecule has 0 radical (unpaired) electrons. The Balaban J connectivity index is 2.29. The molecule has 20 heavy (non-hydrogen) atoms. The van der Waals surface area contributed by atoms with E-state index in [1.165, 1.54) is 0 Å². The standard InChI is InChI=1S/C17H19NO2/c1-17(2,15-7-5-4-6-8-15)18(19)13-14-9-11-16(20-3)12-10-14/h4-13H,1-3H3/b18-13-. The predicted molar refractivity (Wildman–Crippen MR) is 81.3 cm³/mol. The van der Waals surface area contributed by atoms with Crippen LogP contribution in [0.15, 0.2) is 54.6 Å². The van der Waals surface area contributed by atoms with Gasteiger partial charge in [0.2, 0.25) is 0 Å². The van der Waals surface area contributed by atoms with Crippen molar-refractivity contribution in [3.05, 3.63) is 70.9 Å². The molecule has 0 fully saturated rings. The minimum Gasteiger partial charge on any atom is -0.623 e. The molecule has 2 aromatic rings. The van der Waals surface area contributed by atoms with Crippen molar-refractivity contribution in [2.24, 2.45) is 0 Å². The lowest BCUT2D eigenvalue weighted by Gasteiger charge is -2.24. The summed E-state index contributed by atoms with van der Waals surface area (Å²) in [6.07, 6.45) is 1.60. The molecule has 0 spiro atoms. The first-order valence-electron chi connectivity index (χ1n) is 6.55. The molecule has 0 N–H and O–H groups in total. The Morgan fingerprint density at radius 1 is 1.00 bits per heavy atom. The van der Waals surface area contributed by atoms with Crippen LogP contribution < -0.4 is 4.74 Å². The van der Waals surface area contributed by atoms with E-state index in [9.17, 15) is 5.21 Å². The molecule has 0 aromatic heterocycles. The molecule has 0 aliphatic rings. The third-order valence-corrected chi connectivity index (χ3v) is 3.41. The number of hydroxylamine groups is 1. The average Bonchev–Trinajstić information content (AvgIpc) is 2.49. The summed E-state index contributed by atoms with van der Waals surface area (Å²) in [5.74, 6) is 0.780. The third kappa shape index (κ3) is 2.99. The fourth-order valence-electron chi connectivity index (χ4n) is 1.96. The molecule has 0 saturated carbocycles. The highest BCUT2D eigenvalue weighted by atomic mass is 16.5. The lowest BCUT2D eigenvalue weighted by Crippen LogP contribution is -2.30. The first kappa shape index (κ1) is 14.1. The van der Waals surface area contributed by atoms with E-state index in [1.807, 2.05) is 68.4 Å². The van der Waals surface area contributed by atoms with Gasteiger partial charge in [-0.1, -0.05) is 30.3 Å². The quantitative estimate of drug-likeness (QED) is 0.368. The van der Waals surface area contributed by atoms with Crippen LogP contribution in [0.1, 0.15) is 25.0 Å². The van der Waals surface area contributed by atoms with Crippen molar-refractivity contribution in [2.75, 3.05) is 7.11 Å². The van der Waals surface area contributed by atoms with Gasteiger partial charge in [-0.05, 0) is 24.3 Å². The van der Waals surface area contributed by atoms with Crippen LogP contribution in [0.25, 0.3) is 0 Å². The minimum absolute atomic E-state index is 0.610. The molecule has 0 saturated heterocycles. The van der Waals surface area contributed by atoms with Gasteiger partial charge in [0.05, 0.1) is 7.11 Å². The summed E-state index contributed by atoms with van der Waals surface area (Å²) in [5, 5.41) is 12.4. The van der Waals surface area contributed by atoms with Gasteiger partial charge in [-0.15, -0.1) is 0 Å². The van der Waals surface area contributed by atoms with Gasteiger partial charge < -0.3 is 9.94 Å². The van der Waals surface area contributed by atoms with E-state index < -0.39 is 5.54 Å². The zero-order valence-corrected chi connectivity index (χ0v) is 12.0. The molecule has 0 unspecified atom stereocenters. The Labute approximate surface area is 119 Å². The first-order valence-corrected chi connectivity index (χ1v) is 6.55. The van der Waals surface area contributed by atoms with Crippen LogP contribution in [0.2, 0.25) is 0 Å². The van der Waals surface area contributed by atoms with Gasteiger partial charge in [0.15, 0.2) is 11.8 Å². The van der Waals surface area contributed by atoms with Crippen LogP contribution in [0.3, 0.4) is 0 Å². The molecule has 2 rings (SSSR count). The van der Waals surface area contributed by atoms with E-state index >= 15 is 0 Å². The second-order valence-electron chi connectivity index (χ2n) is 5.15. The molecule has 0 heterocycles. The van der Waals surface area contributed by atoms with E-state index in [0.717, 1.165) is 21.6 Å². The van der Waals surface area contributed by atoms with Crippen LogP contribution in [-0.4, -0.2) is 18.1 Å². The van der Waals surface area contributed by atoms with E-state index in [-0.39, 0.29) is 0 Å². The highest BCUT2D eigenvalue weighted by Gasteiger charge is 2.28. The van der Waals surface area contributed by atoms with Gasteiger partial charge in [0.1, 0.15) is 5.75 Å². The lowest BCUT2D eigenvalue weighted by molar-refractivity contribution is -0.545. The van der Waals surface area contributed by atoms with Crippen molar-refractivity contribution < 1.29 is 9.48 Å². The van der Waals surface area contributed by atoms with Gasteiger partial charge in [0.25, 0.3) is 0 Å². The van der Waals surface area contributed by atoms with E-state index in [0.29, 0.717) is 0 Å². The summed E-state index contributed by atoms with van der Waals surface area (Å²) in [6, 6.07) is 17.2. The van der Waals surface area contributed by atoms with Crippen molar-refractivity contribution in [1.29, 1.82) is 0 Å². The molecule has 3 heteroatoms. The molecule has 0 atom stereocenters. The van der Waals surface area contributed by atoms with Gasteiger partial charge in [-0.2, -0.15) is 0 Å². The minimum atomic E-state index is -0.610. The summed E-state index contributed by atoms with van der Waals surface area (Å²) in [7, 11) is 1.62. The number of hydrogen-bond acceptors (Lipinski definition) is 2. The maximum absolute atomic E-state index is 12.4. The lowest BCUT2D eigenvalue weighted by atomic mass is 9.95. The number of benzene rings is 2. The summed E-state index contributed by atoms with van der Waals surface area (Å²) in [5.41, 5.74) is 1.23. The summed E-state index contributed by atoms with van der Waals surface area (Å²) < 4.78 is 6.10. The number of methoxy groups -OCH3 is 1. The summed E-state index contributed by atoms with van der Waals surface area (Å²) in [4.78, 5) is 0. The molecule has 3 nitrogen and oxygen atoms in total. The van der Waals surface area contributed by atoms with E-state index in [1.54, 1.807) is 13.3 Å². The highest BCUT2D eigenvalue weighted by molar-refractivity contribution is 5.76. The molecular formula is C17H19NO2. The van der Waals surface area contributed by atoms with Gasteiger partial charge >= 0.3 is 0 Å². The third-order valence-electron chi connectivity index (χ3n) is 3.41. The maximum Gasteiger partial charge on any atom is 0.192 e. The highest BCUT2D eigenvalue weighted by Crippen LogP contribution is 2.23. The summed E-state index contributed by atoms with van der Waals surface area (Å²) in [6.45, 7) is 3.82. The van der Waals surface area contributed by atoms with Crippen molar-refractivity contribution in [1.82, 2.24) is 0 Å². The molecule has 0 aliphatic carbocycles. The Hall–Kier alpha value is -2.29.